The second-order valence-corrected chi connectivity index (χ2v) is 1.31. The van der Waals surface area contributed by atoms with Gasteiger partial charge in [0.05, 0.1) is 6.54 Å². The first-order valence-electron chi connectivity index (χ1n) is 1.60. The van der Waals surface area contributed by atoms with Crippen molar-refractivity contribution in [2.45, 2.75) is 0 Å². The molecular weight excluding hydrogens is 137 g/mol. The van der Waals surface area contributed by atoms with E-state index in [1.165, 1.54) is 0 Å². The molecule has 0 aromatic heterocycles. The summed E-state index contributed by atoms with van der Waals surface area (Å²) in [6.45, 7) is 0.252. The van der Waals surface area contributed by atoms with Crippen molar-refractivity contribution in [3.05, 3.63) is 0 Å². The number of carbonyl (C=O) groups excluding carboxylic acids is 1. The lowest BCUT2D eigenvalue weighted by molar-refractivity contribution is -0.110. The Morgan fingerprint density at radius 1 is 1.86 bits per heavy atom. The van der Waals surface area contributed by atoms with E-state index in [0.29, 0.717) is 0 Å². The van der Waals surface area contributed by atoms with Crippen molar-refractivity contribution >= 4 is 29.3 Å². The van der Waals surface area contributed by atoms with Gasteiger partial charge in [-0.3, -0.25) is 4.79 Å². The van der Waals surface area contributed by atoms with Crippen LogP contribution in [0.4, 0.5) is 0 Å². The molecule has 1 N–H and O–H groups in total. The Labute approximate surface area is 53.6 Å². The Kier molecular flexibility index (Phi) is 9.09. The van der Waals surface area contributed by atoms with Crippen molar-refractivity contribution in [2.75, 3.05) is 13.6 Å². The van der Waals surface area contributed by atoms with Gasteiger partial charge in [-0.15, -0.1) is 12.4 Å². The third-order valence-electron chi connectivity index (χ3n) is 0.316. The van der Waals surface area contributed by atoms with Gasteiger partial charge in [0.25, 0.3) is 0 Å². The van der Waals surface area contributed by atoms with E-state index >= 15 is 0 Å². The molecule has 7 heavy (non-hydrogen) atoms. The molecule has 0 rings (SSSR count). The van der Waals surface area contributed by atoms with Crippen molar-refractivity contribution in [3.63, 3.8) is 0 Å². The van der Waals surface area contributed by atoms with Gasteiger partial charge in [-0.2, -0.15) is 0 Å². The number of halogens is 2. The highest BCUT2D eigenvalue weighted by molar-refractivity contribution is 6.64. The number of rotatable bonds is 2. The molecule has 0 saturated heterocycles. The van der Waals surface area contributed by atoms with Gasteiger partial charge >= 0.3 is 0 Å². The summed E-state index contributed by atoms with van der Waals surface area (Å²) in [5.41, 5.74) is 0. The minimum absolute atomic E-state index is 0. The van der Waals surface area contributed by atoms with Crippen LogP contribution < -0.4 is 5.32 Å². The van der Waals surface area contributed by atoms with Crippen LogP contribution in [0.15, 0.2) is 0 Å². The fourth-order valence-corrected chi connectivity index (χ4v) is 0.273. The highest BCUT2D eigenvalue weighted by atomic mass is 35.5. The summed E-state index contributed by atoms with van der Waals surface area (Å²) < 4.78 is 0. The topological polar surface area (TPSA) is 29.1 Å². The largest absolute Gasteiger partial charge is 0.312 e. The molecule has 0 aliphatic heterocycles. The Morgan fingerprint density at radius 3 is 2.29 bits per heavy atom. The van der Waals surface area contributed by atoms with Crippen molar-refractivity contribution in [3.8, 4) is 0 Å². The molecule has 2 nitrogen and oxygen atoms in total. The minimum atomic E-state index is -0.350. The zero-order chi connectivity index (χ0) is 4.99. The van der Waals surface area contributed by atoms with Crippen LogP contribution in [0.3, 0.4) is 0 Å². The number of likely N-dealkylation sites (N-methyl/N-ethyl adjacent to an activating group) is 1. The molecule has 0 fully saturated rings. The summed E-state index contributed by atoms with van der Waals surface area (Å²) in [7, 11) is 1.67. The molecule has 0 aromatic rings. The van der Waals surface area contributed by atoms with E-state index in [0.717, 1.165) is 0 Å². The SMILES string of the molecule is CNCC(=O)Cl.Cl. The fourth-order valence-electron chi connectivity index (χ4n) is 0.139. The first-order chi connectivity index (χ1) is 2.77. The number of hydrogen-bond acceptors (Lipinski definition) is 2. The van der Waals surface area contributed by atoms with Gasteiger partial charge in [0, 0.05) is 0 Å². The lowest BCUT2D eigenvalue weighted by Crippen LogP contribution is -2.13. The molecule has 0 heterocycles. The summed E-state index contributed by atoms with van der Waals surface area (Å²) in [4.78, 5) is 9.75. The Bertz CT molecular complexity index is 56.9. The molecule has 0 aromatic carbocycles. The van der Waals surface area contributed by atoms with Crippen molar-refractivity contribution in [2.24, 2.45) is 0 Å². The van der Waals surface area contributed by atoms with Gasteiger partial charge in [0.15, 0.2) is 0 Å². The number of hydrogen-bond donors (Lipinski definition) is 1. The standard InChI is InChI=1S/C3H6ClNO.ClH/c1-5-2-3(4)6;/h5H,2H2,1H3;1H. The third-order valence-corrected chi connectivity index (χ3v) is 0.449. The molecule has 44 valence electrons. The van der Waals surface area contributed by atoms with E-state index in [-0.39, 0.29) is 24.2 Å². The zero-order valence-electron chi connectivity index (χ0n) is 3.90. The maximum Gasteiger partial charge on any atom is 0.235 e. The van der Waals surface area contributed by atoms with Crippen LogP contribution >= 0.6 is 24.0 Å². The predicted molar refractivity (Wildman–Crippen MR) is 32.0 cm³/mol. The van der Waals surface area contributed by atoms with E-state index in [1.54, 1.807) is 7.05 Å². The molecule has 0 radical (unpaired) electrons. The van der Waals surface area contributed by atoms with Gasteiger partial charge < -0.3 is 5.32 Å². The normalized spacial score (nSPS) is 7.14. The molecule has 0 amide bonds. The van der Waals surface area contributed by atoms with Crippen LogP contribution in [0.2, 0.25) is 0 Å². The van der Waals surface area contributed by atoms with Crippen LogP contribution in [-0.2, 0) is 4.79 Å². The van der Waals surface area contributed by atoms with Crippen LogP contribution in [0.5, 0.6) is 0 Å². The molecule has 0 spiro atoms. The van der Waals surface area contributed by atoms with Crippen molar-refractivity contribution < 1.29 is 4.79 Å². The smallest absolute Gasteiger partial charge is 0.235 e. The average Bonchev–Trinajstić information content (AvgIpc) is 1.35. The summed E-state index contributed by atoms with van der Waals surface area (Å²) in [5, 5.41) is 2.24. The maximum atomic E-state index is 9.75. The third kappa shape index (κ3) is 10.7. The predicted octanol–water partition coefficient (Wildman–Crippen LogP) is 0.393. The molecule has 0 atom stereocenters. The van der Waals surface area contributed by atoms with E-state index in [4.69, 9.17) is 11.6 Å². The minimum Gasteiger partial charge on any atom is -0.312 e. The Hall–Kier alpha value is 0.210. The summed E-state index contributed by atoms with van der Waals surface area (Å²) in [6.07, 6.45) is 0. The Balaban J connectivity index is 0. The van der Waals surface area contributed by atoms with Crippen LogP contribution in [0, 0.1) is 0 Å². The first-order valence-corrected chi connectivity index (χ1v) is 1.98. The zero-order valence-corrected chi connectivity index (χ0v) is 5.47. The molecular formula is C3H7Cl2NO. The molecule has 0 saturated carbocycles. The van der Waals surface area contributed by atoms with E-state index in [2.05, 4.69) is 5.32 Å². The lowest BCUT2D eigenvalue weighted by atomic mass is 10.7. The second kappa shape index (κ2) is 6.21. The maximum absolute atomic E-state index is 9.75. The Morgan fingerprint density at radius 2 is 2.29 bits per heavy atom. The molecule has 0 bridgehead atoms. The summed E-state index contributed by atoms with van der Waals surface area (Å²) in [6, 6.07) is 0. The van der Waals surface area contributed by atoms with Crippen LogP contribution in [0.25, 0.3) is 0 Å². The first kappa shape index (κ1) is 10.2. The quantitative estimate of drug-likeness (QED) is 0.568. The monoisotopic (exact) mass is 143 g/mol. The second-order valence-electron chi connectivity index (χ2n) is 0.885. The molecule has 0 aliphatic carbocycles. The van der Waals surface area contributed by atoms with Crippen molar-refractivity contribution in [1.82, 2.24) is 5.32 Å². The van der Waals surface area contributed by atoms with Crippen LogP contribution in [-0.4, -0.2) is 18.8 Å². The van der Waals surface area contributed by atoms with Gasteiger partial charge in [-0.25, -0.2) is 0 Å². The van der Waals surface area contributed by atoms with E-state index < -0.39 is 0 Å². The molecule has 0 aliphatic rings. The van der Waals surface area contributed by atoms with Gasteiger partial charge in [0.2, 0.25) is 5.24 Å². The highest BCUT2D eigenvalue weighted by Crippen LogP contribution is 1.71. The summed E-state index contributed by atoms with van der Waals surface area (Å²) >= 11 is 4.88. The van der Waals surface area contributed by atoms with Crippen LogP contribution in [0.1, 0.15) is 0 Å². The van der Waals surface area contributed by atoms with E-state index in [1.807, 2.05) is 0 Å². The molecule has 4 heteroatoms. The summed E-state index contributed by atoms with van der Waals surface area (Å²) in [5.74, 6) is 0. The average molecular weight is 144 g/mol. The van der Waals surface area contributed by atoms with Crippen molar-refractivity contribution in [1.29, 1.82) is 0 Å². The van der Waals surface area contributed by atoms with Gasteiger partial charge in [0.1, 0.15) is 0 Å². The number of nitrogens with one attached hydrogen (secondary N) is 1. The lowest BCUT2D eigenvalue weighted by Gasteiger charge is -1.82. The fraction of sp³-hybridized carbons (Fsp3) is 0.667. The highest BCUT2D eigenvalue weighted by Gasteiger charge is 1.85. The van der Waals surface area contributed by atoms with E-state index in [9.17, 15) is 4.79 Å². The molecule has 0 unspecified atom stereocenters. The van der Waals surface area contributed by atoms with Gasteiger partial charge in [-0.05, 0) is 18.6 Å². The van der Waals surface area contributed by atoms with Gasteiger partial charge in [-0.1, -0.05) is 0 Å². The number of carbonyl (C=O) groups is 1.